The van der Waals surface area contributed by atoms with Gasteiger partial charge in [-0.05, 0) is 24.8 Å². The molecule has 0 aliphatic carbocycles. The van der Waals surface area contributed by atoms with Crippen molar-refractivity contribution in [2.45, 2.75) is 19.8 Å². The lowest BCUT2D eigenvalue weighted by atomic mass is 9.98. The summed E-state index contributed by atoms with van der Waals surface area (Å²) in [6.45, 7) is 6.85. The van der Waals surface area contributed by atoms with Gasteiger partial charge in [-0.2, -0.15) is 0 Å². The zero-order valence-corrected chi connectivity index (χ0v) is 16.2. The number of carbonyl (C=O) groups excluding carboxylic acids is 1. The van der Waals surface area contributed by atoms with Crippen LogP contribution in [0.5, 0.6) is 0 Å². The summed E-state index contributed by atoms with van der Waals surface area (Å²) in [5.41, 5.74) is 0.787. The Labute approximate surface area is 155 Å². The smallest absolute Gasteiger partial charge is 0.257 e. The van der Waals surface area contributed by atoms with E-state index in [0.29, 0.717) is 23.0 Å². The SMILES string of the molecule is CC1CCN(C(=O)c2cc(NS(C)(=O)=O)cnc2N2CCNCC2)CC1. The molecule has 1 aromatic rings. The fraction of sp³-hybridized carbons (Fsp3) is 0.647. The van der Waals surface area contributed by atoms with Crippen molar-refractivity contribution in [2.24, 2.45) is 5.92 Å². The van der Waals surface area contributed by atoms with Crippen LogP contribution in [-0.2, 0) is 10.0 Å². The quantitative estimate of drug-likeness (QED) is 0.799. The molecule has 2 aliphatic rings. The Kier molecular flexibility index (Phi) is 5.67. The van der Waals surface area contributed by atoms with E-state index in [0.717, 1.165) is 58.4 Å². The van der Waals surface area contributed by atoms with Gasteiger partial charge in [-0.1, -0.05) is 6.92 Å². The molecule has 3 heterocycles. The number of piperazine rings is 1. The lowest BCUT2D eigenvalue weighted by Gasteiger charge is -2.33. The molecule has 0 saturated carbocycles. The van der Waals surface area contributed by atoms with Gasteiger partial charge in [-0.25, -0.2) is 13.4 Å². The molecule has 9 heteroatoms. The molecule has 0 bridgehead atoms. The van der Waals surface area contributed by atoms with Crippen LogP contribution in [0, 0.1) is 5.92 Å². The number of piperidine rings is 1. The van der Waals surface area contributed by atoms with Crippen molar-refractivity contribution in [2.75, 3.05) is 55.1 Å². The first-order chi connectivity index (χ1) is 12.3. The van der Waals surface area contributed by atoms with Gasteiger partial charge in [0, 0.05) is 39.3 Å². The van der Waals surface area contributed by atoms with Crippen molar-refractivity contribution in [3.05, 3.63) is 17.8 Å². The first kappa shape index (κ1) is 18.9. The molecule has 2 fully saturated rings. The van der Waals surface area contributed by atoms with Crippen LogP contribution in [0.3, 0.4) is 0 Å². The number of nitrogens with one attached hydrogen (secondary N) is 2. The molecular formula is C17H27N5O3S. The molecule has 0 unspecified atom stereocenters. The molecule has 8 nitrogen and oxygen atoms in total. The number of sulfonamides is 1. The molecule has 0 aromatic carbocycles. The van der Waals surface area contributed by atoms with Crippen LogP contribution in [0.1, 0.15) is 30.1 Å². The Morgan fingerprint density at radius 2 is 1.88 bits per heavy atom. The topological polar surface area (TPSA) is 94.6 Å². The highest BCUT2D eigenvalue weighted by Crippen LogP contribution is 2.26. The monoisotopic (exact) mass is 381 g/mol. The van der Waals surface area contributed by atoms with Gasteiger partial charge >= 0.3 is 0 Å². The van der Waals surface area contributed by atoms with Crippen LogP contribution in [0.15, 0.2) is 12.3 Å². The average molecular weight is 382 g/mol. The predicted octanol–water partition coefficient (Wildman–Crippen LogP) is 0.735. The maximum atomic E-state index is 13.2. The third kappa shape index (κ3) is 4.64. The highest BCUT2D eigenvalue weighted by Gasteiger charge is 2.27. The molecule has 2 saturated heterocycles. The van der Waals surface area contributed by atoms with E-state index in [2.05, 4.69) is 26.8 Å². The summed E-state index contributed by atoms with van der Waals surface area (Å²) in [7, 11) is -3.43. The largest absolute Gasteiger partial charge is 0.353 e. The van der Waals surface area contributed by atoms with Gasteiger partial charge in [-0.15, -0.1) is 0 Å². The van der Waals surface area contributed by atoms with E-state index in [1.807, 2.05) is 4.90 Å². The molecule has 0 atom stereocenters. The van der Waals surface area contributed by atoms with Crippen molar-refractivity contribution in [1.29, 1.82) is 0 Å². The van der Waals surface area contributed by atoms with E-state index in [4.69, 9.17) is 0 Å². The zero-order chi connectivity index (χ0) is 18.7. The van der Waals surface area contributed by atoms with Crippen LogP contribution >= 0.6 is 0 Å². The molecule has 2 N–H and O–H groups in total. The number of carbonyl (C=O) groups is 1. The van der Waals surface area contributed by atoms with E-state index in [1.54, 1.807) is 6.07 Å². The fourth-order valence-electron chi connectivity index (χ4n) is 3.40. The first-order valence-corrected chi connectivity index (χ1v) is 11.0. The number of likely N-dealkylation sites (tertiary alicyclic amines) is 1. The summed E-state index contributed by atoms with van der Waals surface area (Å²) in [6, 6.07) is 1.62. The number of amides is 1. The molecule has 0 radical (unpaired) electrons. The van der Waals surface area contributed by atoms with Gasteiger partial charge in [-0.3, -0.25) is 9.52 Å². The van der Waals surface area contributed by atoms with Gasteiger partial charge in [0.25, 0.3) is 5.91 Å². The fourth-order valence-corrected chi connectivity index (χ4v) is 3.94. The summed E-state index contributed by atoms with van der Waals surface area (Å²) in [5, 5.41) is 3.29. The van der Waals surface area contributed by atoms with E-state index in [9.17, 15) is 13.2 Å². The van der Waals surface area contributed by atoms with E-state index in [1.165, 1.54) is 6.20 Å². The number of pyridine rings is 1. The molecule has 0 spiro atoms. The van der Waals surface area contributed by atoms with E-state index in [-0.39, 0.29) is 5.91 Å². The number of nitrogens with zero attached hydrogens (tertiary/aromatic N) is 3. The van der Waals surface area contributed by atoms with E-state index < -0.39 is 10.0 Å². The Morgan fingerprint density at radius 3 is 2.50 bits per heavy atom. The van der Waals surface area contributed by atoms with Crippen molar-refractivity contribution in [3.8, 4) is 0 Å². The van der Waals surface area contributed by atoms with E-state index >= 15 is 0 Å². The second kappa shape index (κ2) is 7.79. The zero-order valence-electron chi connectivity index (χ0n) is 15.4. The molecule has 3 rings (SSSR count). The molecule has 1 aromatic heterocycles. The van der Waals surface area contributed by atoms with Crippen molar-refractivity contribution < 1.29 is 13.2 Å². The Bertz CT molecular complexity index is 754. The van der Waals surface area contributed by atoms with Crippen LogP contribution in [-0.4, -0.2) is 69.7 Å². The second-order valence-electron chi connectivity index (χ2n) is 7.18. The van der Waals surface area contributed by atoms with Crippen LogP contribution in [0.25, 0.3) is 0 Å². The minimum absolute atomic E-state index is 0.0740. The third-order valence-electron chi connectivity index (χ3n) is 4.89. The Morgan fingerprint density at radius 1 is 1.23 bits per heavy atom. The number of rotatable bonds is 4. The summed E-state index contributed by atoms with van der Waals surface area (Å²) < 4.78 is 25.5. The highest BCUT2D eigenvalue weighted by molar-refractivity contribution is 7.92. The maximum Gasteiger partial charge on any atom is 0.257 e. The number of aromatic nitrogens is 1. The normalized spacial score (nSPS) is 19.5. The first-order valence-electron chi connectivity index (χ1n) is 9.06. The number of hydrogen-bond donors (Lipinski definition) is 2. The molecular weight excluding hydrogens is 354 g/mol. The van der Waals surface area contributed by atoms with Gasteiger partial charge in [0.15, 0.2) is 0 Å². The average Bonchev–Trinajstić information content (AvgIpc) is 2.61. The summed E-state index contributed by atoms with van der Waals surface area (Å²) in [6.07, 6.45) is 4.55. The van der Waals surface area contributed by atoms with Gasteiger partial charge in [0.1, 0.15) is 5.82 Å². The highest BCUT2D eigenvalue weighted by atomic mass is 32.2. The summed E-state index contributed by atoms with van der Waals surface area (Å²) in [4.78, 5) is 21.5. The minimum Gasteiger partial charge on any atom is -0.353 e. The number of anilines is 2. The third-order valence-corrected chi connectivity index (χ3v) is 5.49. The van der Waals surface area contributed by atoms with Crippen molar-refractivity contribution >= 4 is 27.4 Å². The molecule has 26 heavy (non-hydrogen) atoms. The van der Waals surface area contributed by atoms with Crippen molar-refractivity contribution in [3.63, 3.8) is 0 Å². The molecule has 1 amide bonds. The summed E-state index contributed by atoms with van der Waals surface area (Å²) in [5.74, 6) is 1.19. The second-order valence-corrected chi connectivity index (χ2v) is 8.93. The number of hydrogen-bond acceptors (Lipinski definition) is 6. The lowest BCUT2D eigenvalue weighted by Crippen LogP contribution is -2.45. The lowest BCUT2D eigenvalue weighted by molar-refractivity contribution is 0.0697. The standard InChI is InChI=1S/C17H27N5O3S/c1-13-3-7-22(8-4-13)17(23)15-11-14(20-26(2,24)25)12-19-16(15)21-9-5-18-6-10-21/h11-13,18,20H,3-10H2,1-2H3. The van der Waals surface area contributed by atoms with Gasteiger partial charge in [0.2, 0.25) is 10.0 Å². The van der Waals surface area contributed by atoms with Gasteiger partial charge < -0.3 is 15.1 Å². The van der Waals surface area contributed by atoms with Gasteiger partial charge in [0.05, 0.1) is 23.7 Å². The van der Waals surface area contributed by atoms with Crippen molar-refractivity contribution in [1.82, 2.24) is 15.2 Å². The van der Waals surface area contributed by atoms with Crippen LogP contribution in [0.4, 0.5) is 11.5 Å². The van der Waals surface area contributed by atoms with Crippen LogP contribution in [0.2, 0.25) is 0 Å². The maximum absolute atomic E-state index is 13.2. The molecule has 144 valence electrons. The minimum atomic E-state index is -3.43. The predicted molar refractivity (Wildman–Crippen MR) is 102 cm³/mol. The molecule has 2 aliphatic heterocycles. The van der Waals surface area contributed by atoms with Crippen LogP contribution < -0.4 is 14.9 Å². The Hall–Kier alpha value is -1.87. The summed E-state index contributed by atoms with van der Waals surface area (Å²) >= 11 is 0. The Balaban J connectivity index is 1.92.